The van der Waals surface area contributed by atoms with Gasteiger partial charge in [0.25, 0.3) is 5.88 Å². The largest absolute Gasteiger partial charge is 0.492 e. The molecule has 0 unspecified atom stereocenters. The van der Waals surface area contributed by atoms with Crippen LogP contribution in [0, 0.1) is 0 Å². The van der Waals surface area contributed by atoms with Gasteiger partial charge >= 0.3 is 0 Å². The fourth-order valence-corrected chi connectivity index (χ4v) is 4.50. The van der Waals surface area contributed by atoms with Crippen molar-refractivity contribution in [1.29, 1.82) is 0 Å². The SMILES string of the molecule is CC(C)Oc1cc(OCCN2CCCCC2)cc2nccc(Nc3c(Cl)cnc4c3OCO4)c12. The van der Waals surface area contributed by atoms with Crippen molar-refractivity contribution >= 4 is 33.9 Å². The molecular formula is C25H29ClN4O4. The third-order valence-electron chi connectivity index (χ3n) is 5.88. The molecule has 0 radical (unpaired) electrons. The summed E-state index contributed by atoms with van der Waals surface area (Å²) in [5.74, 6) is 2.33. The van der Waals surface area contributed by atoms with Gasteiger partial charge in [0.15, 0.2) is 0 Å². The highest BCUT2D eigenvalue weighted by Gasteiger charge is 2.23. The number of benzene rings is 1. The Balaban J connectivity index is 1.45. The van der Waals surface area contributed by atoms with Gasteiger partial charge in [0.05, 0.1) is 33.9 Å². The number of hydrogen-bond acceptors (Lipinski definition) is 8. The number of hydrogen-bond donors (Lipinski definition) is 1. The quantitative estimate of drug-likeness (QED) is 0.455. The number of ether oxygens (including phenoxy) is 4. The van der Waals surface area contributed by atoms with Crippen molar-refractivity contribution in [2.45, 2.75) is 39.2 Å². The minimum absolute atomic E-state index is 0.0228. The first-order chi connectivity index (χ1) is 16.6. The molecule has 0 atom stereocenters. The van der Waals surface area contributed by atoms with Gasteiger partial charge in [-0.05, 0) is 45.8 Å². The van der Waals surface area contributed by atoms with E-state index in [1.807, 2.05) is 32.0 Å². The van der Waals surface area contributed by atoms with E-state index in [9.17, 15) is 0 Å². The Hall–Kier alpha value is -2.97. The average Bonchev–Trinajstić information content (AvgIpc) is 3.30. The smallest absolute Gasteiger partial charge is 0.262 e. The summed E-state index contributed by atoms with van der Waals surface area (Å²) < 4.78 is 23.3. The van der Waals surface area contributed by atoms with E-state index in [0.717, 1.165) is 42.0 Å². The number of pyridine rings is 2. The van der Waals surface area contributed by atoms with Crippen LogP contribution in [-0.2, 0) is 0 Å². The number of fused-ring (bicyclic) bond motifs is 2. The van der Waals surface area contributed by atoms with Crippen LogP contribution in [0.15, 0.2) is 30.6 Å². The van der Waals surface area contributed by atoms with Gasteiger partial charge in [-0.2, -0.15) is 0 Å². The zero-order valence-corrected chi connectivity index (χ0v) is 20.2. The van der Waals surface area contributed by atoms with Crippen molar-refractivity contribution in [3.8, 4) is 23.1 Å². The summed E-state index contributed by atoms with van der Waals surface area (Å²) in [5, 5.41) is 4.65. The zero-order chi connectivity index (χ0) is 23.5. The number of nitrogens with zero attached hydrogens (tertiary/aromatic N) is 3. The zero-order valence-electron chi connectivity index (χ0n) is 19.5. The molecule has 1 saturated heterocycles. The van der Waals surface area contributed by atoms with E-state index in [-0.39, 0.29) is 12.9 Å². The molecule has 5 rings (SSSR count). The van der Waals surface area contributed by atoms with E-state index >= 15 is 0 Å². The highest BCUT2D eigenvalue weighted by Crippen LogP contribution is 2.45. The highest BCUT2D eigenvalue weighted by atomic mass is 35.5. The van der Waals surface area contributed by atoms with Crippen LogP contribution in [-0.4, -0.2) is 54.0 Å². The third-order valence-corrected chi connectivity index (χ3v) is 6.17. The van der Waals surface area contributed by atoms with E-state index in [1.165, 1.54) is 19.3 Å². The van der Waals surface area contributed by atoms with Crippen molar-refractivity contribution in [2.24, 2.45) is 0 Å². The van der Waals surface area contributed by atoms with Gasteiger partial charge in [0.1, 0.15) is 23.8 Å². The van der Waals surface area contributed by atoms with Crippen molar-refractivity contribution in [3.63, 3.8) is 0 Å². The minimum atomic E-state index is -0.0228. The van der Waals surface area contributed by atoms with Crippen molar-refractivity contribution in [3.05, 3.63) is 35.6 Å². The lowest BCUT2D eigenvalue weighted by Gasteiger charge is -2.26. The highest BCUT2D eigenvalue weighted by molar-refractivity contribution is 6.33. The van der Waals surface area contributed by atoms with E-state index in [0.29, 0.717) is 34.7 Å². The van der Waals surface area contributed by atoms with Crippen LogP contribution in [0.25, 0.3) is 10.9 Å². The van der Waals surface area contributed by atoms with E-state index in [4.69, 9.17) is 30.5 Å². The van der Waals surface area contributed by atoms with Crippen molar-refractivity contribution in [2.75, 3.05) is 38.4 Å². The maximum absolute atomic E-state index is 6.45. The van der Waals surface area contributed by atoms with Crippen LogP contribution in [0.5, 0.6) is 23.1 Å². The van der Waals surface area contributed by atoms with Crippen LogP contribution in [0.2, 0.25) is 5.02 Å². The van der Waals surface area contributed by atoms with Gasteiger partial charge in [0.2, 0.25) is 12.5 Å². The molecule has 34 heavy (non-hydrogen) atoms. The maximum Gasteiger partial charge on any atom is 0.262 e. The molecule has 1 N–H and O–H groups in total. The molecule has 180 valence electrons. The van der Waals surface area contributed by atoms with Gasteiger partial charge in [0, 0.05) is 24.9 Å². The van der Waals surface area contributed by atoms with Crippen molar-refractivity contribution in [1.82, 2.24) is 14.9 Å². The summed E-state index contributed by atoms with van der Waals surface area (Å²) in [6.45, 7) is 7.94. The van der Waals surface area contributed by atoms with Crippen LogP contribution in [0.1, 0.15) is 33.1 Å². The molecule has 9 heteroatoms. The number of aromatic nitrogens is 2. The van der Waals surface area contributed by atoms with Crippen LogP contribution < -0.4 is 24.3 Å². The summed E-state index contributed by atoms with van der Waals surface area (Å²) >= 11 is 6.45. The average molecular weight is 485 g/mol. The predicted octanol–water partition coefficient (Wildman–Crippen LogP) is 5.41. The lowest BCUT2D eigenvalue weighted by molar-refractivity contribution is 0.171. The van der Waals surface area contributed by atoms with Gasteiger partial charge in [-0.3, -0.25) is 9.88 Å². The predicted molar refractivity (Wildman–Crippen MR) is 132 cm³/mol. The monoisotopic (exact) mass is 484 g/mol. The lowest BCUT2D eigenvalue weighted by atomic mass is 10.1. The molecule has 0 amide bonds. The molecule has 2 aliphatic rings. The third kappa shape index (κ3) is 4.93. The molecule has 0 aliphatic carbocycles. The van der Waals surface area contributed by atoms with Gasteiger partial charge < -0.3 is 24.3 Å². The van der Waals surface area contributed by atoms with E-state index in [2.05, 4.69) is 20.2 Å². The Bertz CT molecular complexity index is 1170. The molecule has 2 aromatic heterocycles. The first kappa shape index (κ1) is 22.8. The van der Waals surface area contributed by atoms with Crippen LogP contribution >= 0.6 is 11.6 Å². The Morgan fingerprint density at radius 2 is 2.00 bits per heavy atom. The fraction of sp³-hybridized carbons (Fsp3) is 0.440. The molecule has 1 aromatic carbocycles. The van der Waals surface area contributed by atoms with Crippen LogP contribution in [0.4, 0.5) is 11.4 Å². The molecule has 0 spiro atoms. The van der Waals surface area contributed by atoms with E-state index in [1.54, 1.807) is 12.4 Å². The second kappa shape index (κ2) is 10.1. The number of halogens is 1. The van der Waals surface area contributed by atoms with Gasteiger partial charge in [-0.15, -0.1) is 0 Å². The Labute approximate surface area is 204 Å². The molecule has 0 saturated carbocycles. The van der Waals surface area contributed by atoms with Crippen molar-refractivity contribution < 1.29 is 18.9 Å². The van der Waals surface area contributed by atoms with Crippen LogP contribution in [0.3, 0.4) is 0 Å². The number of nitrogens with one attached hydrogen (secondary N) is 1. The Morgan fingerprint density at radius 3 is 2.82 bits per heavy atom. The molecule has 4 heterocycles. The molecule has 2 aliphatic heterocycles. The first-order valence-electron chi connectivity index (χ1n) is 11.7. The Kier molecular flexibility index (Phi) is 6.78. The molecular weight excluding hydrogens is 456 g/mol. The summed E-state index contributed by atoms with van der Waals surface area (Å²) in [5.41, 5.74) is 2.13. The number of piperidine rings is 1. The normalized spacial score (nSPS) is 15.6. The maximum atomic E-state index is 6.45. The number of likely N-dealkylation sites (tertiary alicyclic amines) is 1. The molecule has 1 fully saturated rings. The number of anilines is 2. The second-order valence-electron chi connectivity index (χ2n) is 8.74. The lowest BCUT2D eigenvalue weighted by Crippen LogP contribution is -2.33. The summed E-state index contributed by atoms with van der Waals surface area (Å²) in [6.07, 6.45) is 7.13. The molecule has 0 bridgehead atoms. The van der Waals surface area contributed by atoms with E-state index < -0.39 is 0 Å². The van der Waals surface area contributed by atoms with Gasteiger partial charge in [-0.1, -0.05) is 18.0 Å². The first-order valence-corrected chi connectivity index (χ1v) is 12.1. The Morgan fingerprint density at radius 1 is 1.15 bits per heavy atom. The fourth-order valence-electron chi connectivity index (χ4n) is 4.32. The summed E-state index contributed by atoms with van der Waals surface area (Å²) in [6, 6.07) is 5.76. The summed E-state index contributed by atoms with van der Waals surface area (Å²) in [4.78, 5) is 11.2. The minimum Gasteiger partial charge on any atom is -0.492 e. The molecule has 8 nitrogen and oxygen atoms in total. The van der Waals surface area contributed by atoms with Gasteiger partial charge in [-0.25, -0.2) is 4.98 Å². The second-order valence-corrected chi connectivity index (χ2v) is 9.15. The topological polar surface area (TPSA) is 78.0 Å². The molecule has 3 aromatic rings. The summed E-state index contributed by atoms with van der Waals surface area (Å²) in [7, 11) is 0. The number of rotatable bonds is 8. The standard InChI is InChI=1S/C25H29ClN4O4/c1-16(2)34-21-13-17(31-11-10-30-8-4-3-5-9-30)12-20-22(21)19(6-7-27-20)29-23-18(26)14-28-25-24(23)32-15-33-25/h6-7,12-14,16H,3-5,8-11,15H2,1-2H3,(H,27,28,29).